The van der Waals surface area contributed by atoms with E-state index in [-0.39, 0.29) is 5.56 Å². The minimum absolute atomic E-state index is 0.333. The molecule has 4 bridgehead atoms. The van der Waals surface area contributed by atoms with Crippen molar-refractivity contribution < 1.29 is 4.74 Å². The summed E-state index contributed by atoms with van der Waals surface area (Å²) in [6, 6.07) is 17.9. The highest BCUT2D eigenvalue weighted by molar-refractivity contribution is 5.71. The lowest BCUT2D eigenvalue weighted by molar-refractivity contribution is 0.240. The van der Waals surface area contributed by atoms with Crippen molar-refractivity contribution in [3.05, 3.63) is 92.4 Å². The van der Waals surface area contributed by atoms with Crippen LogP contribution in [0.4, 0.5) is 0 Å². The molecule has 0 spiro atoms. The van der Waals surface area contributed by atoms with Crippen LogP contribution in [0.2, 0.25) is 0 Å². The quantitative estimate of drug-likeness (QED) is 0.448. The van der Waals surface area contributed by atoms with Crippen molar-refractivity contribution in [1.82, 2.24) is 19.1 Å². The lowest BCUT2D eigenvalue weighted by Crippen LogP contribution is -2.31. The average molecular weight is 483 g/mol. The highest BCUT2D eigenvalue weighted by Gasteiger charge is 2.55. The molecule has 4 aliphatic carbocycles. The Morgan fingerprint density at radius 1 is 0.889 bits per heavy atom. The predicted octanol–water partition coefficient (Wildman–Crippen LogP) is 4.14. The molecule has 36 heavy (non-hydrogen) atoms. The van der Waals surface area contributed by atoms with Gasteiger partial charge in [0.05, 0.1) is 13.7 Å². The van der Waals surface area contributed by atoms with Gasteiger partial charge in [-0.3, -0.25) is 14.3 Å². The highest BCUT2D eigenvalue weighted by Crippen LogP contribution is 2.64. The summed E-state index contributed by atoms with van der Waals surface area (Å²) in [5.41, 5.74) is 2.28. The second kappa shape index (κ2) is 8.22. The van der Waals surface area contributed by atoms with Crippen molar-refractivity contribution in [2.45, 2.75) is 44.7 Å². The number of aromatic nitrogens is 4. The van der Waals surface area contributed by atoms with Crippen molar-refractivity contribution in [2.24, 2.45) is 23.7 Å². The van der Waals surface area contributed by atoms with Crippen LogP contribution < -0.4 is 16.0 Å². The molecule has 7 nitrogen and oxygen atoms in total. The van der Waals surface area contributed by atoms with Gasteiger partial charge in [0.15, 0.2) is 11.2 Å². The Morgan fingerprint density at radius 3 is 2.36 bits per heavy atom. The van der Waals surface area contributed by atoms with E-state index in [9.17, 15) is 9.59 Å². The van der Waals surface area contributed by atoms with Gasteiger partial charge in [0, 0.05) is 12.5 Å². The Kier molecular flexibility index (Phi) is 4.94. The van der Waals surface area contributed by atoms with Crippen LogP contribution in [0.3, 0.4) is 0 Å². The zero-order valence-electron chi connectivity index (χ0n) is 20.4. The van der Waals surface area contributed by atoms with E-state index in [2.05, 4.69) is 21.7 Å². The highest BCUT2D eigenvalue weighted by atomic mass is 16.5. The first-order valence-corrected chi connectivity index (χ1v) is 13.0. The van der Waals surface area contributed by atoms with Gasteiger partial charge in [-0.2, -0.15) is 0 Å². The summed E-state index contributed by atoms with van der Waals surface area (Å²) in [5, 5.41) is 0. The SMILES string of the molecule is COc1ccc(Cn2c(=O)[nH]c(=O)c3c2nc(C2C4CC5CC(C4)C2C5)n3Cc2ccccc2)cc1. The molecule has 7 heteroatoms. The fraction of sp³-hybridized carbons (Fsp3) is 0.414. The summed E-state index contributed by atoms with van der Waals surface area (Å²) in [5.74, 6) is 5.01. The summed E-state index contributed by atoms with van der Waals surface area (Å²) in [4.78, 5) is 34.1. The molecule has 0 amide bonds. The Morgan fingerprint density at radius 2 is 1.61 bits per heavy atom. The molecule has 4 fully saturated rings. The number of aromatic amines is 1. The Labute approximate surface area is 208 Å². The maximum absolute atomic E-state index is 13.3. The van der Waals surface area contributed by atoms with Crippen LogP contribution in [-0.2, 0) is 13.1 Å². The fourth-order valence-corrected chi connectivity index (χ4v) is 7.57. The molecule has 0 radical (unpaired) electrons. The van der Waals surface area contributed by atoms with E-state index in [0.717, 1.165) is 34.5 Å². The topological polar surface area (TPSA) is 81.9 Å². The van der Waals surface area contributed by atoms with Crippen LogP contribution in [-0.4, -0.2) is 26.2 Å². The lowest BCUT2D eigenvalue weighted by atomic mass is 9.75. The second-order valence-corrected chi connectivity index (χ2v) is 10.9. The Bertz CT molecular complexity index is 1550. The normalized spacial score (nSPS) is 26.2. The first kappa shape index (κ1) is 21.7. The number of methoxy groups -OCH3 is 1. The van der Waals surface area contributed by atoms with Gasteiger partial charge in [0.1, 0.15) is 11.6 Å². The van der Waals surface area contributed by atoms with Crippen molar-refractivity contribution in [1.29, 1.82) is 0 Å². The molecular formula is C29H30N4O3. The number of rotatable bonds is 6. The number of ether oxygens (including phenoxy) is 1. The molecule has 5 atom stereocenters. The molecule has 0 aliphatic heterocycles. The van der Waals surface area contributed by atoms with Crippen LogP contribution in [0.15, 0.2) is 64.2 Å². The minimum Gasteiger partial charge on any atom is -0.497 e. The van der Waals surface area contributed by atoms with Crippen LogP contribution >= 0.6 is 0 Å². The molecule has 1 N–H and O–H groups in total. The zero-order valence-corrected chi connectivity index (χ0v) is 20.4. The molecule has 5 unspecified atom stereocenters. The van der Waals surface area contributed by atoms with Gasteiger partial charge < -0.3 is 9.30 Å². The van der Waals surface area contributed by atoms with Gasteiger partial charge in [-0.05, 0) is 72.6 Å². The number of benzene rings is 2. The molecule has 2 aromatic carbocycles. The number of nitrogens with one attached hydrogen (secondary N) is 1. The molecule has 184 valence electrons. The third-order valence-corrected chi connectivity index (χ3v) is 8.95. The van der Waals surface area contributed by atoms with E-state index < -0.39 is 5.69 Å². The van der Waals surface area contributed by atoms with Crippen LogP contribution in [0.25, 0.3) is 11.2 Å². The first-order chi connectivity index (χ1) is 17.6. The van der Waals surface area contributed by atoms with Gasteiger partial charge in [-0.15, -0.1) is 0 Å². The maximum atomic E-state index is 13.3. The second-order valence-electron chi connectivity index (χ2n) is 10.9. The van der Waals surface area contributed by atoms with E-state index in [4.69, 9.17) is 9.72 Å². The van der Waals surface area contributed by atoms with E-state index in [0.29, 0.717) is 42.0 Å². The third kappa shape index (κ3) is 3.36. The third-order valence-electron chi connectivity index (χ3n) is 8.95. The van der Waals surface area contributed by atoms with Gasteiger partial charge in [-0.25, -0.2) is 9.78 Å². The lowest BCUT2D eigenvalue weighted by Gasteiger charge is -2.32. The average Bonchev–Trinajstić information content (AvgIpc) is 3.48. The molecule has 2 heterocycles. The number of imidazole rings is 1. The van der Waals surface area contributed by atoms with Crippen LogP contribution in [0.5, 0.6) is 5.75 Å². The molecule has 4 aliphatic rings. The number of hydrogen-bond donors (Lipinski definition) is 1. The first-order valence-electron chi connectivity index (χ1n) is 13.0. The van der Waals surface area contributed by atoms with Crippen molar-refractivity contribution in [3.8, 4) is 5.75 Å². The maximum Gasteiger partial charge on any atom is 0.330 e. The van der Waals surface area contributed by atoms with Crippen molar-refractivity contribution in [2.75, 3.05) is 7.11 Å². The molecule has 0 saturated heterocycles. The van der Waals surface area contributed by atoms with E-state index in [1.54, 1.807) is 11.7 Å². The molecule has 4 aromatic rings. The van der Waals surface area contributed by atoms with Gasteiger partial charge in [0.25, 0.3) is 5.56 Å². The smallest absolute Gasteiger partial charge is 0.330 e. The summed E-state index contributed by atoms with van der Waals surface area (Å²) < 4.78 is 9.01. The summed E-state index contributed by atoms with van der Waals surface area (Å²) >= 11 is 0. The Balaban J connectivity index is 1.41. The summed E-state index contributed by atoms with van der Waals surface area (Å²) in [6.45, 7) is 0.903. The fourth-order valence-electron chi connectivity index (χ4n) is 7.57. The van der Waals surface area contributed by atoms with E-state index in [1.165, 1.54) is 25.7 Å². The van der Waals surface area contributed by atoms with E-state index >= 15 is 0 Å². The zero-order chi connectivity index (χ0) is 24.4. The van der Waals surface area contributed by atoms with Crippen molar-refractivity contribution in [3.63, 3.8) is 0 Å². The number of fused-ring (bicyclic) bond motifs is 1. The summed E-state index contributed by atoms with van der Waals surface area (Å²) in [7, 11) is 1.63. The van der Waals surface area contributed by atoms with Gasteiger partial charge in [-0.1, -0.05) is 42.5 Å². The number of H-pyrrole nitrogens is 1. The molecular weight excluding hydrogens is 452 g/mol. The monoisotopic (exact) mass is 482 g/mol. The van der Waals surface area contributed by atoms with Crippen LogP contribution in [0.1, 0.15) is 48.6 Å². The minimum atomic E-state index is -0.423. The largest absolute Gasteiger partial charge is 0.497 e. The predicted molar refractivity (Wildman–Crippen MR) is 137 cm³/mol. The molecule has 4 saturated carbocycles. The van der Waals surface area contributed by atoms with Crippen molar-refractivity contribution >= 4 is 11.2 Å². The number of hydrogen-bond acceptors (Lipinski definition) is 4. The van der Waals surface area contributed by atoms with E-state index in [1.807, 2.05) is 42.5 Å². The summed E-state index contributed by atoms with van der Waals surface area (Å²) in [6.07, 6.45) is 5.16. The Hall–Kier alpha value is -3.61. The van der Waals surface area contributed by atoms with Gasteiger partial charge in [0.2, 0.25) is 0 Å². The number of nitrogens with zero attached hydrogens (tertiary/aromatic N) is 3. The van der Waals surface area contributed by atoms with Crippen LogP contribution in [0, 0.1) is 23.7 Å². The molecule has 8 rings (SSSR count). The standard InChI is InChI=1S/C29H30N4O3/c1-36-22-9-7-18(8-10-22)16-33-27-25(28(34)31-29(33)35)32(15-17-5-3-2-4-6-17)26(30-27)24-21-12-19-11-20(14-21)23(24)13-19/h2-10,19-21,23-24H,11-16H2,1H3,(H,31,34,35). The van der Waals surface area contributed by atoms with Gasteiger partial charge >= 0.3 is 5.69 Å². The molecule has 2 aromatic heterocycles.